The van der Waals surface area contributed by atoms with Crippen LogP contribution in [-0.2, 0) is 19.1 Å². The lowest BCUT2D eigenvalue weighted by atomic mass is 10.2. The minimum atomic E-state index is -0.868. The molecule has 1 N–H and O–H groups in total. The number of rotatable bonds is 5. The van der Waals surface area contributed by atoms with Crippen LogP contribution in [0, 0.1) is 0 Å². The maximum absolute atomic E-state index is 11.3. The summed E-state index contributed by atoms with van der Waals surface area (Å²) in [7, 11) is 1.55. The van der Waals surface area contributed by atoms with E-state index in [0.29, 0.717) is 0 Å². The Bertz CT molecular complexity index is 364. The molecule has 0 bridgehead atoms. The first kappa shape index (κ1) is 13.7. The molecule has 0 saturated carbocycles. The van der Waals surface area contributed by atoms with Gasteiger partial charge in [-0.05, 0) is 29.3 Å². The van der Waals surface area contributed by atoms with E-state index in [1.807, 2.05) is 16.8 Å². The number of hydrogen-bond donors (Lipinski definition) is 1. The van der Waals surface area contributed by atoms with Crippen molar-refractivity contribution < 1.29 is 19.1 Å². The van der Waals surface area contributed by atoms with Gasteiger partial charge in [-0.1, -0.05) is 0 Å². The van der Waals surface area contributed by atoms with Crippen molar-refractivity contribution in [3.05, 3.63) is 22.4 Å². The summed E-state index contributed by atoms with van der Waals surface area (Å²) >= 11 is 1.55. The lowest BCUT2D eigenvalue weighted by molar-refractivity contribution is -0.154. The number of hydrogen-bond acceptors (Lipinski definition) is 5. The fourth-order valence-corrected chi connectivity index (χ4v) is 1.95. The highest BCUT2D eigenvalue weighted by Gasteiger charge is 2.17. The van der Waals surface area contributed by atoms with Crippen molar-refractivity contribution >= 4 is 23.2 Å². The van der Waals surface area contributed by atoms with E-state index in [0.717, 1.165) is 5.56 Å². The number of esters is 1. The molecule has 0 saturated heterocycles. The maximum Gasteiger partial charge on any atom is 0.396 e. The van der Waals surface area contributed by atoms with Crippen LogP contribution < -0.4 is 5.32 Å². The highest BCUT2D eigenvalue weighted by molar-refractivity contribution is 7.07. The molecular formula is C11H15NO4S. The van der Waals surface area contributed by atoms with Crippen LogP contribution in [0.3, 0.4) is 0 Å². The first-order chi connectivity index (χ1) is 8.19. The van der Waals surface area contributed by atoms with Crippen molar-refractivity contribution in [2.24, 2.45) is 0 Å². The van der Waals surface area contributed by atoms with Gasteiger partial charge in [-0.15, -0.1) is 0 Å². The van der Waals surface area contributed by atoms with Crippen molar-refractivity contribution in [3.8, 4) is 0 Å². The van der Waals surface area contributed by atoms with Gasteiger partial charge < -0.3 is 14.8 Å². The van der Waals surface area contributed by atoms with Gasteiger partial charge in [0.2, 0.25) is 0 Å². The fourth-order valence-electron chi connectivity index (χ4n) is 1.25. The highest BCUT2D eigenvalue weighted by Crippen LogP contribution is 2.18. The summed E-state index contributed by atoms with van der Waals surface area (Å²) in [6, 6.07) is 1.91. The van der Waals surface area contributed by atoms with Crippen LogP contribution in [-0.4, -0.2) is 32.1 Å². The lowest BCUT2D eigenvalue weighted by Gasteiger charge is -2.14. The second-order valence-corrected chi connectivity index (χ2v) is 3.99. The molecule has 0 aliphatic heterocycles. The largest absolute Gasteiger partial charge is 0.459 e. The first-order valence-electron chi connectivity index (χ1n) is 5.18. The van der Waals surface area contributed by atoms with Crippen LogP contribution in [0.4, 0.5) is 0 Å². The highest BCUT2D eigenvalue weighted by atomic mass is 32.1. The van der Waals surface area contributed by atoms with Gasteiger partial charge in [0.15, 0.2) is 0 Å². The van der Waals surface area contributed by atoms with E-state index in [4.69, 9.17) is 4.74 Å². The molecule has 0 aliphatic carbocycles. The van der Waals surface area contributed by atoms with Gasteiger partial charge in [0.05, 0.1) is 6.61 Å². The zero-order valence-electron chi connectivity index (χ0n) is 9.76. The molecule has 17 heavy (non-hydrogen) atoms. The molecule has 5 nitrogen and oxygen atoms in total. The first-order valence-corrected chi connectivity index (χ1v) is 6.13. The Morgan fingerprint density at radius 2 is 2.29 bits per heavy atom. The zero-order chi connectivity index (χ0) is 12.7. The van der Waals surface area contributed by atoms with E-state index in [1.54, 1.807) is 25.4 Å². The molecule has 1 heterocycles. The summed E-state index contributed by atoms with van der Waals surface area (Å²) in [5.41, 5.74) is 0.974. The number of methoxy groups -OCH3 is 1. The Hall–Kier alpha value is -1.40. The minimum Gasteiger partial charge on any atom is -0.459 e. The lowest BCUT2D eigenvalue weighted by Crippen LogP contribution is -2.35. The monoisotopic (exact) mass is 257 g/mol. The quantitative estimate of drug-likeness (QED) is 0.634. The normalized spacial score (nSPS) is 11.9. The molecule has 0 aliphatic rings. The Kier molecular flexibility index (Phi) is 5.65. The van der Waals surface area contributed by atoms with E-state index in [2.05, 4.69) is 10.1 Å². The average molecular weight is 257 g/mol. The van der Waals surface area contributed by atoms with Gasteiger partial charge in [0, 0.05) is 13.7 Å². The van der Waals surface area contributed by atoms with E-state index in [-0.39, 0.29) is 19.3 Å². The Morgan fingerprint density at radius 1 is 1.53 bits per heavy atom. The minimum absolute atomic E-state index is 0.185. The molecule has 0 fully saturated rings. The predicted molar refractivity (Wildman–Crippen MR) is 63.7 cm³/mol. The SMILES string of the molecule is CCOC(=O)C(=O)NCC(OC)c1ccsc1. The second-order valence-electron chi connectivity index (χ2n) is 3.21. The summed E-state index contributed by atoms with van der Waals surface area (Å²) in [6.07, 6.45) is -0.250. The van der Waals surface area contributed by atoms with Gasteiger partial charge in [0.25, 0.3) is 0 Å². The second kappa shape index (κ2) is 7.03. The molecule has 1 amide bonds. The van der Waals surface area contributed by atoms with Crippen LogP contribution in [0.2, 0.25) is 0 Å². The Labute approximate surface area is 104 Å². The van der Waals surface area contributed by atoms with Gasteiger partial charge >= 0.3 is 11.9 Å². The summed E-state index contributed by atoms with van der Waals surface area (Å²) in [5.74, 6) is -1.61. The van der Waals surface area contributed by atoms with Crippen LogP contribution in [0.5, 0.6) is 0 Å². The maximum atomic E-state index is 11.3. The van der Waals surface area contributed by atoms with E-state index in [1.165, 1.54) is 0 Å². The van der Waals surface area contributed by atoms with Crippen LogP contribution in [0.15, 0.2) is 16.8 Å². The molecule has 1 unspecified atom stereocenters. The van der Waals surface area contributed by atoms with Crippen molar-refractivity contribution in [2.75, 3.05) is 20.3 Å². The molecule has 1 rings (SSSR count). The van der Waals surface area contributed by atoms with Gasteiger partial charge in [-0.3, -0.25) is 4.79 Å². The number of ether oxygens (including phenoxy) is 2. The third-order valence-corrected chi connectivity index (χ3v) is 2.81. The Balaban J connectivity index is 2.43. The molecule has 1 aromatic heterocycles. The molecule has 0 aromatic carbocycles. The van der Waals surface area contributed by atoms with Crippen LogP contribution >= 0.6 is 11.3 Å². The van der Waals surface area contributed by atoms with Crippen molar-refractivity contribution in [3.63, 3.8) is 0 Å². The van der Waals surface area contributed by atoms with E-state index < -0.39 is 11.9 Å². The summed E-state index contributed by atoms with van der Waals surface area (Å²) in [4.78, 5) is 22.3. The van der Waals surface area contributed by atoms with E-state index >= 15 is 0 Å². The van der Waals surface area contributed by atoms with Crippen LogP contribution in [0.25, 0.3) is 0 Å². The summed E-state index contributed by atoms with van der Waals surface area (Å²) in [6.45, 7) is 2.07. The van der Waals surface area contributed by atoms with Gasteiger partial charge in [-0.2, -0.15) is 11.3 Å². The fraction of sp³-hybridized carbons (Fsp3) is 0.455. The van der Waals surface area contributed by atoms with Crippen molar-refractivity contribution in [1.82, 2.24) is 5.32 Å². The number of carbonyl (C=O) groups excluding carboxylic acids is 2. The standard InChI is InChI=1S/C11H15NO4S/c1-3-16-11(14)10(13)12-6-9(15-2)8-4-5-17-7-8/h4-5,7,9H,3,6H2,1-2H3,(H,12,13). The van der Waals surface area contributed by atoms with Gasteiger partial charge in [0.1, 0.15) is 6.10 Å². The van der Waals surface area contributed by atoms with Crippen molar-refractivity contribution in [2.45, 2.75) is 13.0 Å². The molecule has 1 aromatic rings. The number of carbonyl (C=O) groups is 2. The summed E-state index contributed by atoms with van der Waals surface area (Å²) in [5, 5.41) is 6.33. The van der Waals surface area contributed by atoms with Gasteiger partial charge in [-0.25, -0.2) is 4.79 Å². The molecule has 0 spiro atoms. The average Bonchev–Trinajstić information content (AvgIpc) is 2.83. The number of thiophene rings is 1. The molecular weight excluding hydrogens is 242 g/mol. The predicted octanol–water partition coefficient (Wildman–Crippen LogP) is 1.11. The third-order valence-electron chi connectivity index (χ3n) is 2.11. The molecule has 94 valence electrons. The Morgan fingerprint density at radius 3 is 2.82 bits per heavy atom. The van der Waals surface area contributed by atoms with Crippen molar-refractivity contribution in [1.29, 1.82) is 0 Å². The molecule has 0 radical (unpaired) electrons. The number of amides is 1. The topological polar surface area (TPSA) is 64.6 Å². The zero-order valence-corrected chi connectivity index (χ0v) is 10.6. The van der Waals surface area contributed by atoms with E-state index in [9.17, 15) is 9.59 Å². The molecule has 1 atom stereocenters. The summed E-state index contributed by atoms with van der Waals surface area (Å²) < 4.78 is 9.80. The third kappa shape index (κ3) is 4.16. The van der Waals surface area contributed by atoms with Crippen LogP contribution in [0.1, 0.15) is 18.6 Å². The number of nitrogens with one attached hydrogen (secondary N) is 1. The molecule has 6 heteroatoms. The smallest absolute Gasteiger partial charge is 0.396 e.